The van der Waals surface area contributed by atoms with Gasteiger partial charge in [-0.05, 0) is 12.8 Å². The highest BCUT2D eigenvalue weighted by molar-refractivity contribution is 5.52. The van der Waals surface area contributed by atoms with E-state index >= 15 is 0 Å². The van der Waals surface area contributed by atoms with Crippen LogP contribution >= 0.6 is 0 Å². The van der Waals surface area contributed by atoms with Crippen LogP contribution in [-0.2, 0) is 0 Å². The maximum atomic E-state index is 5.73. The first-order valence-corrected chi connectivity index (χ1v) is 6.77. The van der Waals surface area contributed by atoms with Gasteiger partial charge < -0.3 is 16.0 Å². The van der Waals surface area contributed by atoms with Crippen LogP contribution in [0.1, 0.15) is 39.5 Å². The molecule has 1 rings (SSSR count). The van der Waals surface area contributed by atoms with E-state index in [0.717, 1.165) is 31.1 Å². The maximum Gasteiger partial charge on any atom is 0.223 e. The van der Waals surface area contributed by atoms with E-state index in [-0.39, 0.29) is 0 Å². The number of rotatable bonds is 8. The Morgan fingerprint density at radius 3 is 2.67 bits per heavy atom. The molecule has 0 saturated heterocycles. The number of nitrogen functional groups attached to an aromatic ring is 1. The van der Waals surface area contributed by atoms with Crippen LogP contribution in [0.3, 0.4) is 0 Å². The van der Waals surface area contributed by atoms with Crippen molar-refractivity contribution in [3.05, 3.63) is 6.07 Å². The molecule has 0 aliphatic heterocycles. The Morgan fingerprint density at radius 1 is 1.22 bits per heavy atom. The highest BCUT2D eigenvalue weighted by Gasteiger charge is 2.06. The van der Waals surface area contributed by atoms with Gasteiger partial charge in [-0.3, -0.25) is 0 Å². The molecule has 1 aromatic rings. The van der Waals surface area contributed by atoms with E-state index < -0.39 is 0 Å². The second-order valence-corrected chi connectivity index (χ2v) is 4.53. The number of nitrogens with zero attached hydrogens (tertiary/aromatic N) is 3. The van der Waals surface area contributed by atoms with Gasteiger partial charge in [0.2, 0.25) is 5.95 Å². The number of unbranched alkanes of at least 4 members (excludes halogenated alkanes) is 2. The summed E-state index contributed by atoms with van der Waals surface area (Å²) in [6.45, 7) is 6.22. The highest BCUT2D eigenvalue weighted by atomic mass is 15.2. The van der Waals surface area contributed by atoms with Crippen molar-refractivity contribution < 1.29 is 0 Å². The van der Waals surface area contributed by atoms with Gasteiger partial charge >= 0.3 is 0 Å². The molecule has 18 heavy (non-hydrogen) atoms. The number of nitrogens with one attached hydrogen (secondary N) is 1. The Kier molecular flexibility index (Phi) is 6.25. The van der Waals surface area contributed by atoms with Crippen LogP contribution in [0, 0.1) is 0 Å². The Hall–Kier alpha value is -1.52. The van der Waals surface area contributed by atoms with E-state index in [2.05, 4.69) is 34.0 Å². The first-order valence-electron chi connectivity index (χ1n) is 6.77. The second-order valence-electron chi connectivity index (χ2n) is 4.53. The fraction of sp³-hybridized carbons (Fsp3) is 0.692. The fourth-order valence-corrected chi connectivity index (χ4v) is 1.71. The molecule has 0 fully saturated rings. The van der Waals surface area contributed by atoms with Crippen LogP contribution in [0.15, 0.2) is 6.07 Å². The summed E-state index contributed by atoms with van der Waals surface area (Å²) >= 11 is 0. The van der Waals surface area contributed by atoms with E-state index in [9.17, 15) is 0 Å². The van der Waals surface area contributed by atoms with E-state index in [4.69, 9.17) is 5.73 Å². The molecular formula is C13H25N5. The van der Waals surface area contributed by atoms with Crippen molar-refractivity contribution in [2.75, 3.05) is 36.1 Å². The minimum absolute atomic E-state index is 0.327. The van der Waals surface area contributed by atoms with Crippen LogP contribution in [0.25, 0.3) is 0 Å². The first kappa shape index (κ1) is 14.5. The summed E-state index contributed by atoms with van der Waals surface area (Å²) in [5.41, 5.74) is 5.73. The van der Waals surface area contributed by atoms with E-state index in [1.807, 2.05) is 13.1 Å². The minimum atomic E-state index is 0.327. The van der Waals surface area contributed by atoms with Crippen LogP contribution in [0.4, 0.5) is 17.6 Å². The molecule has 0 amide bonds. The van der Waals surface area contributed by atoms with Crippen LogP contribution in [0.5, 0.6) is 0 Å². The van der Waals surface area contributed by atoms with Crippen molar-refractivity contribution in [2.24, 2.45) is 0 Å². The molecule has 0 aromatic carbocycles. The summed E-state index contributed by atoms with van der Waals surface area (Å²) in [5.74, 6) is 2.02. The van der Waals surface area contributed by atoms with Gasteiger partial charge in [0.05, 0.1) is 0 Å². The lowest BCUT2D eigenvalue weighted by Crippen LogP contribution is -2.21. The molecule has 5 nitrogen and oxygen atoms in total. The highest BCUT2D eigenvalue weighted by Crippen LogP contribution is 2.16. The molecule has 5 heteroatoms. The van der Waals surface area contributed by atoms with Gasteiger partial charge in [-0.2, -0.15) is 9.97 Å². The second kappa shape index (κ2) is 7.74. The van der Waals surface area contributed by atoms with Crippen molar-refractivity contribution in [1.82, 2.24) is 9.97 Å². The third-order valence-electron chi connectivity index (χ3n) is 2.77. The lowest BCUT2D eigenvalue weighted by Gasteiger charge is -2.19. The van der Waals surface area contributed by atoms with Crippen molar-refractivity contribution in [3.63, 3.8) is 0 Å². The lowest BCUT2D eigenvalue weighted by atomic mass is 10.2. The molecule has 102 valence electrons. The van der Waals surface area contributed by atoms with Gasteiger partial charge in [-0.1, -0.05) is 26.7 Å². The van der Waals surface area contributed by atoms with Gasteiger partial charge in [0.15, 0.2) is 0 Å². The molecule has 0 aliphatic carbocycles. The van der Waals surface area contributed by atoms with Gasteiger partial charge in [-0.15, -0.1) is 0 Å². The summed E-state index contributed by atoms with van der Waals surface area (Å²) < 4.78 is 0. The molecule has 3 N–H and O–H groups in total. The van der Waals surface area contributed by atoms with Crippen LogP contribution in [-0.4, -0.2) is 30.1 Å². The number of hydrogen-bond donors (Lipinski definition) is 2. The van der Waals surface area contributed by atoms with Crippen LogP contribution < -0.4 is 16.0 Å². The zero-order valence-corrected chi connectivity index (χ0v) is 11.7. The maximum absolute atomic E-state index is 5.73. The van der Waals surface area contributed by atoms with E-state index in [0.29, 0.717) is 5.95 Å². The standard InChI is InChI=1S/C13H25N5/c1-4-6-7-9-18(3)12-10-11(15-8-5-2)16-13(14)17-12/h10H,4-9H2,1-3H3,(H3,14,15,16,17). The molecule has 0 aliphatic rings. The Labute approximate surface area is 110 Å². The van der Waals surface area contributed by atoms with Crippen molar-refractivity contribution >= 4 is 17.6 Å². The first-order chi connectivity index (χ1) is 8.67. The van der Waals surface area contributed by atoms with E-state index in [1.54, 1.807) is 0 Å². The number of anilines is 3. The third kappa shape index (κ3) is 4.77. The summed E-state index contributed by atoms with van der Waals surface area (Å²) in [7, 11) is 2.04. The average molecular weight is 251 g/mol. The average Bonchev–Trinajstić information content (AvgIpc) is 2.36. The molecule has 0 saturated carbocycles. The largest absolute Gasteiger partial charge is 0.370 e. The summed E-state index contributed by atoms with van der Waals surface area (Å²) in [6, 6.07) is 1.96. The number of hydrogen-bond acceptors (Lipinski definition) is 5. The van der Waals surface area contributed by atoms with Gasteiger partial charge in [0.25, 0.3) is 0 Å². The van der Waals surface area contributed by atoms with Crippen molar-refractivity contribution in [1.29, 1.82) is 0 Å². The van der Waals surface area contributed by atoms with Crippen molar-refractivity contribution in [3.8, 4) is 0 Å². The molecule has 0 spiro atoms. The smallest absolute Gasteiger partial charge is 0.223 e. The number of aromatic nitrogens is 2. The predicted molar refractivity (Wildman–Crippen MR) is 78.0 cm³/mol. The lowest BCUT2D eigenvalue weighted by molar-refractivity contribution is 0.701. The zero-order chi connectivity index (χ0) is 13.4. The molecule has 0 bridgehead atoms. The molecule has 1 aromatic heterocycles. The quantitative estimate of drug-likeness (QED) is 0.695. The Balaban J connectivity index is 2.65. The topological polar surface area (TPSA) is 67.1 Å². The fourth-order valence-electron chi connectivity index (χ4n) is 1.71. The Bertz CT molecular complexity index is 353. The molecule has 1 heterocycles. The normalized spacial score (nSPS) is 10.4. The SMILES string of the molecule is CCCCCN(C)c1cc(NCCC)nc(N)n1. The monoisotopic (exact) mass is 251 g/mol. The minimum Gasteiger partial charge on any atom is -0.370 e. The van der Waals surface area contributed by atoms with Gasteiger partial charge in [0.1, 0.15) is 11.6 Å². The van der Waals surface area contributed by atoms with Gasteiger partial charge in [-0.25, -0.2) is 0 Å². The van der Waals surface area contributed by atoms with Crippen molar-refractivity contribution in [2.45, 2.75) is 39.5 Å². The zero-order valence-electron chi connectivity index (χ0n) is 11.7. The summed E-state index contributed by atoms with van der Waals surface area (Å²) in [5, 5.41) is 3.24. The molecule has 0 unspecified atom stereocenters. The van der Waals surface area contributed by atoms with Gasteiger partial charge in [0, 0.05) is 26.2 Å². The third-order valence-corrected chi connectivity index (χ3v) is 2.77. The van der Waals surface area contributed by atoms with E-state index in [1.165, 1.54) is 19.3 Å². The molecular weight excluding hydrogens is 226 g/mol. The molecule has 0 atom stereocenters. The summed E-state index contributed by atoms with van der Waals surface area (Å²) in [6.07, 6.45) is 4.70. The molecule has 0 radical (unpaired) electrons. The Morgan fingerprint density at radius 2 is 2.00 bits per heavy atom. The summed E-state index contributed by atoms with van der Waals surface area (Å²) in [4.78, 5) is 10.6. The number of nitrogens with two attached hydrogens (primary N) is 1. The van der Waals surface area contributed by atoms with Crippen LogP contribution in [0.2, 0.25) is 0 Å². The predicted octanol–water partition coefficient (Wildman–Crippen LogP) is 2.51.